The number of aliphatic imine (C=N–C) groups is 1. The maximum Gasteiger partial charge on any atom is 0.338 e. The van der Waals surface area contributed by atoms with Crippen molar-refractivity contribution in [2.24, 2.45) is 4.99 Å². The molecule has 0 saturated heterocycles. The van der Waals surface area contributed by atoms with Gasteiger partial charge in [0.1, 0.15) is 6.04 Å². The molecule has 1 atom stereocenters. The lowest BCUT2D eigenvalue weighted by atomic mass is 10.0. The van der Waals surface area contributed by atoms with E-state index in [2.05, 4.69) is 16.4 Å². The second-order valence-electron chi connectivity index (χ2n) is 4.18. The molecule has 0 saturated carbocycles. The van der Waals surface area contributed by atoms with Crippen LogP contribution in [0.15, 0.2) is 33.8 Å². The summed E-state index contributed by atoms with van der Waals surface area (Å²) in [5.41, 5.74) is 1.25. The van der Waals surface area contributed by atoms with E-state index < -0.39 is 0 Å². The molecule has 0 fully saturated rings. The number of esters is 1. The van der Waals surface area contributed by atoms with Crippen molar-refractivity contribution < 1.29 is 9.53 Å². The highest BCUT2D eigenvalue weighted by Crippen LogP contribution is 2.35. The summed E-state index contributed by atoms with van der Waals surface area (Å²) in [4.78, 5) is 17.7. The van der Waals surface area contributed by atoms with Crippen molar-refractivity contribution in [3.8, 4) is 6.07 Å². The first-order valence-electron chi connectivity index (χ1n) is 6.43. The molecule has 0 aromatic carbocycles. The van der Waals surface area contributed by atoms with Crippen molar-refractivity contribution in [3.63, 3.8) is 0 Å². The minimum absolute atomic E-state index is 0.311. The molecule has 7 heteroatoms. The smallest absolute Gasteiger partial charge is 0.338 e. The van der Waals surface area contributed by atoms with Crippen molar-refractivity contribution in [2.45, 2.75) is 19.9 Å². The summed E-state index contributed by atoms with van der Waals surface area (Å²) >= 11 is 2.87. The van der Waals surface area contributed by atoms with Crippen LogP contribution in [0, 0.1) is 11.3 Å². The summed E-state index contributed by atoms with van der Waals surface area (Å²) in [5, 5.41) is 14.4. The predicted octanol–water partition coefficient (Wildman–Crippen LogP) is 2.84. The normalized spacial score (nSPS) is 17.8. The number of thiophene rings is 1. The van der Waals surface area contributed by atoms with Gasteiger partial charge in [0.15, 0.2) is 5.17 Å². The van der Waals surface area contributed by atoms with Crippen LogP contribution < -0.4 is 5.32 Å². The Morgan fingerprint density at radius 1 is 1.67 bits per heavy atom. The summed E-state index contributed by atoms with van der Waals surface area (Å²) in [7, 11) is 0. The number of nitriles is 1. The second-order valence-corrected chi connectivity index (χ2v) is 6.13. The number of carbonyl (C=O) groups excluding carboxylic acids is 1. The van der Waals surface area contributed by atoms with E-state index in [1.54, 1.807) is 18.3 Å². The minimum Gasteiger partial charge on any atom is -0.463 e. The molecule has 0 bridgehead atoms. The third-order valence-electron chi connectivity index (χ3n) is 2.80. The number of carbonyl (C=O) groups is 1. The fraction of sp³-hybridized carbons (Fsp3) is 0.357. The first kappa shape index (κ1) is 15.6. The van der Waals surface area contributed by atoms with Crippen molar-refractivity contribution in [1.29, 1.82) is 5.26 Å². The fourth-order valence-corrected chi connectivity index (χ4v) is 3.32. The van der Waals surface area contributed by atoms with Crippen LogP contribution in [-0.2, 0) is 9.53 Å². The van der Waals surface area contributed by atoms with Crippen LogP contribution >= 0.6 is 23.1 Å². The Labute approximate surface area is 131 Å². The van der Waals surface area contributed by atoms with E-state index >= 15 is 0 Å². The lowest BCUT2D eigenvalue weighted by molar-refractivity contribution is -0.138. The maximum atomic E-state index is 12.2. The highest BCUT2D eigenvalue weighted by molar-refractivity contribution is 8.14. The molecule has 0 amide bonds. The van der Waals surface area contributed by atoms with Gasteiger partial charge in [-0.2, -0.15) is 5.26 Å². The van der Waals surface area contributed by atoms with E-state index in [4.69, 9.17) is 10.00 Å². The molecular weight excluding hydrogens is 306 g/mol. The number of ether oxygens (including phenoxy) is 1. The van der Waals surface area contributed by atoms with Crippen molar-refractivity contribution in [3.05, 3.63) is 33.7 Å². The summed E-state index contributed by atoms with van der Waals surface area (Å²) < 4.78 is 5.14. The molecule has 5 nitrogen and oxygen atoms in total. The van der Waals surface area contributed by atoms with Crippen LogP contribution in [0.5, 0.6) is 0 Å². The molecule has 1 aliphatic heterocycles. The van der Waals surface area contributed by atoms with Gasteiger partial charge in [0.2, 0.25) is 0 Å². The van der Waals surface area contributed by atoms with Crippen LogP contribution in [0.3, 0.4) is 0 Å². The molecular formula is C14H15N3O2S2. The molecule has 1 aromatic heterocycles. The lowest BCUT2D eigenvalue weighted by Crippen LogP contribution is -2.30. The third-order valence-corrected chi connectivity index (χ3v) is 4.48. The minimum atomic E-state index is -0.369. The SMILES string of the molecule is CCOC(=O)C1=C(C)NC(SCC#N)=N[C@H]1c1cccs1. The van der Waals surface area contributed by atoms with Crippen LogP contribution in [0.4, 0.5) is 0 Å². The van der Waals surface area contributed by atoms with Gasteiger partial charge in [0, 0.05) is 10.6 Å². The van der Waals surface area contributed by atoms with E-state index in [-0.39, 0.29) is 12.0 Å². The topological polar surface area (TPSA) is 74.5 Å². The first-order chi connectivity index (χ1) is 10.2. The molecule has 0 aliphatic carbocycles. The maximum absolute atomic E-state index is 12.2. The standard InChI is InChI=1S/C14H15N3O2S2/c1-3-19-13(18)11-9(2)16-14(21-8-6-15)17-12(11)10-5-4-7-20-10/h4-5,7,12H,3,8H2,1-2H3,(H,16,17)/t12-/m0/s1. The molecule has 2 rings (SSSR count). The van der Waals surface area contributed by atoms with E-state index in [1.165, 1.54) is 11.8 Å². The van der Waals surface area contributed by atoms with Gasteiger partial charge in [0.25, 0.3) is 0 Å². The van der Waals surface area contributed by atoms with E-state index in [1.807, 2.05) is 24.4 Å². The van der Waals surface area contributed by atoms with E-state index in [0.29, 0.717) is 23.1 Å². The number of thioether (sulfide) groups is 1. The molecule has 2 heterocycles. The van der Waals surface area contributed by atoms with Gasteiger partial charge in [-0.3, -0.25) is 0 Å². The monoisotopic (exact) mass is 321 g/mol. The van der Waals surface area contributed by atoms with Gasteiger partial charge < -0.3 is 10.1 Å². The Hall–Kier alpha value is -1.78. The Balaban J connectivity index is 2.34. The Morgan fingerprint density at radius 3 is 3.10 bits per heavy atom. The van der Waals surface area contributed by atoms with Crippen LogP contribution in [0.2, 0.25) is 0 Å². The summed E-state index contributed by atoms with van der Waals surface area (Å²) in [5.74, 6) is -0.0423. The average Bonchev–Trinajstić information content (AvgIpc) is 2.98. The number of allylic oxidation sites excluding steroid dienone is 1. The summed E-state index contributed by atoms with van der Waals surface area (Å²) in [6, 6.07) is 5.58. The van der Waals surface area contributed by atoms with Crippen molar-refractivity contribution in [2.75, 3.05) is 12.4 Å². The zero-order valence-corrected chi connectivity index (χ0v) is 13.4. The number of rotatable bonds is 4. The molecule has 1 aromatic rings. The first-order valence-corrected chi connectivity index (χ1v) is 8.29. The number of nitrogens with zero attached hydrogens (tertiary/aromatic N) is 2. The highest BCUT2D eigenvalue weighted by Gasteiger charge is 2.30. The largest absolute Gasteiger partial charge is 0.463 e. The van der Waals surface area contributed by atoms with Crippen LogP contribution in [0.25, 0.3) is 0 Å². The van der Waals surface area contributed by atoms with Gasteiger partial charge in [-0.1, -0.05) is 17.8 Å². The third kappa shape index (κ3) is 3.65. The van der Waals surface area contributed by atoms with E-state index in [0.717, 1.165) is 10.6 Å². The van der Waals surface area contributed by atoms with Gasteiger partial charge in [-0.05, 0) is 25.3 Å². The van der Waals surface area contributed by atoms with E-state index in [9.17, 15) is 4.79 Å². The number of nitrogens with one attached hydrogen (secondary N) is 1. The summed E-state index contributed by atoms with van der Waals surface area (Å²) in [6.07, 6.45) is 0. The van der Waals surface area contributed by atoms with Crippen LogP contribution in [0.1, 0.15) is 24.8 Å². The van der Waals surface area contributed by atoms with Gasteiger partial charge in [-0.15, -0.1) is 11.3 Å². The summed E-state index contributed by atoms with van der Waals surface area (Å²) in [6.45, 7) is 3.93. The lowest BCUT2D eigenvalue weighted by Gasteiger charge is -2.24. The Bertz CT molecular complexity index is 615. The second kappa shape index (κ2) is 7.29. The van der Waals surface area contributed by atoms with Gasteiger partial charge >= 0.3 is 5.97 Å². The molecule has 1 N–H and O–H groups in total. The van der Waals surface area contributed by atoms with Gasteiger partial charge in [0.05, 0.1) is 24.0 Å². The predicted molar refractivity (Wildman–Crippen MR) is 85.0 cm³/mol. The Morgan fingerprint density at radius 2 is 2.48 bits per heavy atom. The zero-order valence-electron chi connectivity index (χ0n) is 11.8. The number of hydrogen-bond donors (Lipinski definition) is 1. The molecule has 0 unspecified atom stereocenters. The number of amidine groups is 1. The zero-order chi connectivity index (χ0) is 15.2. The quantitative estimate of drug-likeness (QED) is 0.863. The fourth-order valence-electron chi connectivity index (χ4n) is 1.95. The molecule has 0 radical (unpaired) electrons. The number of hydrogen-bond acceptors (Lipinski definition) is 7. The molecule has 0 spiro atoms. The molecule has 21 heavy (non-hydrogen) atoms. The molecule has 110 valence electrons. The molecule has 1 aliphatic rings. The average molecular weight is 321 g/mol. The Kier molecular flexibility index (Phi) is 5.42. The van der Waals surface area contributed by atoms with Crippen molar-refractivity contribution >= 4 is 34.2 Å². The highest BCUT2D eigenvalue weighted by atomic mass is 32.2. The van der Waals surface area contributed by atoms with Crippen molar-refractivity contribution in [1.82, 2.24) is 5.32 Å². The van der Waals surface area contributed by atoms with Gasteiger partial charge in [-0.25, -0.2) is 9.79 Å². The van der Waals surface area contributed by atoms with Crippen LogP contribution in [-0.4, -0.2) is 23.5 Å².